The molecule has 0 spiro atoms. The van der Waals surface area contributed by atoms with E-state index in [1.807, 2.05) is 59.5 Å². The van der Waals surface area contributed by atoms with Gasteiger partial charge in [-0.3, -0.25) is 9.69 Å². The molecule has 3 aromatic rings. The first-order valence-electron chi connectivity index (χ1n) is 8.44. The second-order valence-corrected chi connectivity index (χ2v) is 6.78. The number of carbonyl (C=O) groups excluding carboxylic acids is 1. The van der Waals surface area contributed by atoms with Gasteiger partial charge in [-0.25, -0.2) is 0 Å². The quantitative estimate of drug-likeness (QED) is 0.712. The zero-order valence-corrected chi connectivity index (χ0v) is 14.6. The lowest BCUT2D eigenvalue weighted by molar-refractivity contribution is 0.0600. The van der Waals surface area contributed by atoms with E-state index in [4.69, 9.17) is 16.0 Å². The third-order valence-corrected chi connectivity index (χ3v) is 4.87. The lowest BCUT2D eigenvalue weighted by Crippen LogP contribution is -2.48. The highest BCUT2D eigenvalue weighted by Gasteiger charge is 2.24. The summed E-state index contributed by atoms with van der Waals surface area (Å²) in [6.07, 6.45) is 0. The van der Waals surface area contributed by atoms with Gasteiger partial charge in [0, 0.05) is 43.1 Å². The molecule has 0 radical (unpaired) electrons. The van der Waals surface area contributed by atoms with E-state index in [1.54, 1.807) is 0 Å². The van der Waals surface area contributed by atoms with E-state index in [-0.39, 0.29) is 5.91 Å². The molecule has 2 heterocycles. The normalized spacial score (nSPS) is 15.6. The standard InChI is InChI=1S/C20H19ClN2O2/c21-17-7-5-15(6-8-17)14-22-9-11-23(12-10-22)20(24)19-13-16-3-1-2-4-18(16)25-19/h1-8,13H,9-12,14H2. The molecule has 1 aromatic heterocycles. The predicted octanol–water partition coefficient (Wildman–Crippen LogP) is 4.04. The minimum atomic E-state index is -0.0256. The average Bonchev–Trinajstić information content (AvgIpc) is 3.08. The highest BCUT2D eigenvalue weighted by atomic mass is 35.5. The van der Waals surface area contributed by atoms with Gasteiger partial charge in [0.1, 0.15) is 5.58 Å². The Kier molecular flexibility index (Phi) is 4.47. The maximum absolute atomic E-state index is 12.7. The largest absolute Gasteiger partial charge is 0.451 e. The number of para-hydroxylation sites is 1. The first kappa shape index (κ1) is 16.2. The molecule has 0 bridgehead atoms. The predicted molar refractivity (Wildman–Crippen MR) is 98.8 cm³/mol. The van der Waals surface area contributed by atoms with Crippen LogP contribution in [0.4, 0.5) is 0 Å². The fourth-order valence-corrected chi connectivity index (χ4v) is 3.33. The van der Waals surface area contributed by atoms with Gasteiger partial charge in [-0.2, -0.15) is 0 Å². The molecule has 0 atom stereocenters. The first-order valence-corrected chi connectivity index (χ1v) is 8.81. The SMILES string of the molecule is O=C(c1cc2ccccc2o1)N1CCN(Cc2ccc(Cl)cc2)CC1. The number of fused-ring (bicyclic) bond motifs is 1. The van der Waals surface area contributed by atoms with Crippen molar-refractivity contribution in [2.75, 3.05) is 26.2 Å². The van der Waals surface area contributed by atoms with Crippen LogP contribution in [0.15, 0.2) is 59.0 Å². The summed E-state index contributed by atoms with van der Waals surface area (Å²) in [7, 11) is 0. The molecule has 1 aliphatic heterocycles. The zero-order chi connectivity index (χ0) is 17.2. The molecule has 0 saturated carbocycles. The smallest absolute Gasteiger partial charge is 0.289 e. The van der Waals surface area contributed by atoms with Crippen LogP contribution in [0.3, 0.4) is 0 Å². The number of halogens is 1. The van der Waals surface area contributed by atoms with Crippen LogP contribution < -0.4 is 0 Å². The molecule has 4 nitrogen and oxygen atoms in total. The van der Waals surface area contributed by atoms with Crippen molar-refractivity contribution >= 4 is 28.5 Å². The summed E-state index contributed by atoms with van der Waals surface area (Å²) in [4.78, 5) is 16.9. The molecule has 0 unspecified atom stereocenters. The lowest BCUT2D eigenvalue weighted by atomic mass is 10.2. The second kappa shape index (κ2) is 6.90. The van der Waals surface area contributed by atoms with Crippen LogP contribution in [0, 0.1) is 0 Å². The molecule has 0 aliphatic carbocycles. The Labute approximate surface area is 151 Å². The number of piperazine rings is 1. The van der Waals surface area contributed by atoms with Crippen molar-refractivity contribution in [3.8, 4) is 0 Å². The van der Waals surface area contributed by atoms with Gasteiger partial charge in [0.15, 0.2) is 5.76 Å². The van der Waals surface area contributed by atoms with E-state index in [2.05, 4.69) is 4.90 Å². The van der Waals surface area contributed by atoms with Gasteiger partial charge < -0.3 is 9.32 Å². The van der Waals surface area contributed by atoms with Crippen molar-refractivity contribution in [2.24, 2.45) is 0 Å². The Morgan fingerprint density at radius 3 is 2.44 bits per heavy atom. The van der Waals surface area contributed by atoms with Crippen LogP contribution in [-0.4, -0.2) is 41.9 Å². The van der Waals surface area contributed by atoms with E-state index in [1.165, 1.54) is 5.56 Å². The Balaban J connectivity index is 1.37. The van der Waals surface area contributed by atoms with E-state index >= 15 is 0 Å². The van der Waals surface area contributed by atoms with Gasteiger partial charge >= 0.3 is 0 Å². The maximum atomic E-state index is 12.7. The van der Waals surface area contributed by atoms with Crippen LogP contribution in [0.2, 0.25) is 5.02 Å². The first-order chi connectivity index (χ1) is 12.2. The van der Waals surface area contributed by atoms with Crippen molar-refractivity contribution in [3.05, 3.63) is 70.9 Å². The molecular formula is C20H19ClN2O2. The summed E-state index contributed by atoms with van der Waals surface area (Å²) in [5.74, 6) is 0.398. The Morgan fingerprint density at radius 2 is 1.72 bits per heavy atom. The number of hydrogen-bond acceptors (Lipinski definition) is 3. The van der Waals surface area contributed by atoms with Crippen LogP contribution >= 0.6 is 11.6 Å². The molecule has 25 heavy (non-hydrogen) atoms. The minimum Gasteiger partial charge on any atom is -0.451 e. The number of amides is 1. The Morgan fingerprint density at radius 1 is 1.00 bits per heavy atom. The highest BCUT2D eigenvalue weighted by molar-refractivity contribution is 6.30. The molecule has 1 saturated heterocycles. The number of rotatable bonds is 3. The monoisotopic (exact) mass is 354 g/mol. The average molecular weight is 355 g/mol. The second-order valence-electron chi connectivity index (χ2n) is 6.34. The van der Waals surface area contributed by atoms with Crippen LogP contribution in [0.25, 0.3) is 11.0 Å². The van der Waals surface area contributed by atoms with Crippen molar-refractivity contribution < 1.29 is 9.21 Å². The minimum absolute atomic E-state index is 0.0256. The summed E-state index contributed by atoms with van der Waals surface area (Å²) in [6.45, 7) is 4.01. The maximum Gasteiger partial charge on any atom is 0.289 e. The van der Waals surface area contributed by atoms with E-state index in [0.717, 1.165) is 35.6 Å². The molecule has 2 aromatic carbocycles. The lowest BCUT2D eigenvalue weighted by Gasteiger charge is -2.34. The van der Waals surface area contributed by atoms with Gasteiger partial charge in [-0.1, -0.05) is 41.9 Å². The number of hydrogen-bond donors (Lipinski definition) is 0. The number of nitrogens with zero attached hydrogens (tertiary/aromatic N) is 2. The van der Waals surface area contributed by atoms with E-state index < -0.39 is 0 Å². The topological polar surface area (TPSA) is 36.7 Å². The summed E-state index contributed by atoms with van der Waals surface area (Å²) < 4.78 is 5.70. The van der Waals surface area contributed by atoms with Crippen LogP contribution in [0.5, 0.6) is 0 Å². The molecule has 5 heteroatoms. The summed E-state index contributed by atoms with van der Waals surface area (Å²) >= 11 is 5.93. The van der Waals surface area contributed by atoms with Crippen molar-refractivity contribution in [1.29, 1.82) is 0 Å². The molecule has 1 amide bonds. The summed E-state index contributed by atoms with van der Waals surface area (Å²) in [5.41, 5.74) is 1.99. The third-order valence-electron chi connectivity index (χ3n) is 4.62. The molecule has 128 valence electrons. The Hall–Kier alpha value is -2.30. The van der Waals surface area contributed by atoms with Crippen LogP contribution in [-0.2, 0) is 6.54 Å². The van der Waals surface area contributed by atoms with Crippen molar-refractivity contribution in [2.45, 2.75) is 6.54 Å². The molecule has 1 aliphatic rings. The van der Waals surface area contributed by atoms with Gasteiger partial charge in [0.2, 0.25) is 0 Å². The highest BCUT2D eigenvalue weighted by Crippen LogP contribution is 2.21. The van der Waals surface area contributed by atoms with Gasteiger partial charge in [-0.15, -0.1) is 0 Å². The number of benzene rings is 2. The number of carbonyl (C=O) groups is 1. The fourth-order valence-electron chi connectivity index (χ4n) is 3.20. The van der Waals surface area contributed by atoms with Crippen molar-refractivity contribution in [3.63, 3.8) is 0 Å². The summed E-state index contributed by atoms with van der Waals surface area (Å²) in [6, 6.07) is 17.5. The van der Waals surface area contributed by atoms with Crippen molar-refractivity contribution in [1.82, 2.24) is 9.80 Å². The molecule has 1 fully saturated rings. The van der Waals surface area contributed by atoms with Gasteiger partial charge in [-0.05, 0) is 29.8 Å². The van der Waals surface area contributed by atoms with Gasteiger partial charge in [0.05, 0.1) is 0 Å². The molecular weight excluding hydrogens is 336 g/mol. The Bertz CT molecular complexity index is 847. The third kappa shape index (κ3) is 3.55. The van der Waals surface area contributed by atoms with Gasteiger partial charge in [0.25, 0.3) is 5.91 Å². The molecule has 0 N–H and O–H groups in total. The fraction of sp³-hybridized carbons (Fsp3) is 0.250. The van der Waals surface area contributed by atoms with Crippen LogP contribution in [0.1, 0.15) is 16.1 Å². The molecule has 4 rings (SSSR count). The zero-order valence-electron chi connectivity index (χ0n) is 13.8. The van der Waals surface area contributed by atoms with E-state index in [9.17, 15) is 4.79 Å². The number of furan rings is 1. The summed E-state index contributed by atoms with van der Waals surface area (Å²) in [5, 5.41) is 1.72. The van der Waals surface area contributed by atoms with E-state index in [0.29, 0.717) is 18.8 Å².